The van der Waals surface area contributed by atoms with E-state index in [2.05, 4.69) is 5.32 Å². The minimum Gasteiger partial charge on any atom is -0.425 e. The van der Waals surface area contributed by atoms with E-state index in [4.69, 9.17) is 9.47 Å². The van der Waals surface area contributed by atoms with E-state index in [-0.39, 0.29) is 11.3 Å². The molecule has 1 fully saturated rings. The van der Waals surface area contributed by atoms with Crippen molar-refractivity contribution in [2.75, 3.05) is 6.54 Å². The summed E-state index contributed by atoms with van der Waals surface area (Å²) in [6.45, 7) is 5.33. The molecule has 0 spiro atoms. The number of carbonyl (C=O) groups excluding carboxylic acids is 3. The van der Waals surface area contributed by atoms with Crippen LogP contribution in [0.2, 0.25) is 0 Å². The van der Waals surface area contributed by atoms with Crippen LogP contribution in [0.5, 0.6) is 0 Å². The van der Waals surface area contributed by atoms with Crippen molar-refractivity contribution >= 4 is 18.3 Å². The van der Waals surface area contributed by atoms with Crippen molar-refractivity contribution in [1.82, 2.24) is 5.32 Å². The zero-order valence-electron chi connectivity index (χ0n) is 13.7. The number of alkyl carbamates (subject to hydrolysis) is 1. The van der Waals surface area contributed by atoms with Gasteiger partial charge in [0, 0.05) is 19.9 Å². The van der Waals surface area contributed by atoms with E-state index < -0.39 is 18.4 Å². The van der Waals surface area contributed by atoms with Gasteiger partial charge in [0.25, 0.3) is 0 Å². The quantitative estimate of drug-likeness (QED) is 0.444. The third-order valence-corrected chi connectivity index (χ3v) is 4.06. The standard InChI is InChI=1S/C16H27NO5/c1-12(2)14(19)21-13(3)22-15(20)17-11-16(9-10-18)7-5-4-6-8-16/h10,12-13H,4-9,11H2,1-3H3,(H,17,20). The Kier molecular flexibility index (Phi) is 7.35. The normalized spacial score (nSPS) is 18.4. The molecule has 1 amide bonds. The van der Waals surface area contributed by atoms with Gasteiger partial charge in [-0.2, -0.15) is 0 Å². The second kappa shape index (κ2) is 8.76. The summed E-state index contributed by atoms with van der Waals surface area (Å²) in [4.78, 5) is 34.1. The number of hydrogen-bond acceptors (Lipinski definition) is 5. The number of carbonyl (C=O) groups is 3. The predicted molar refractivity (Wildman–Crippen MR) is 81.1 cm³/mol. The molecule has 22 heavy (non-hydrogen) atoms. The molecule has 0 aliphatic heterocycles. The van der Waals surface area contributed by atoms with Crippen LogP contribution in [0, 0.1) is 11.3 Å². The molecule has 1 aliphatic carbocycles. The molecule has 1 unspecified atom stereocenters. The lowest BCUT2D eigenvalue weighted by Crippen LogP contribution is -2.40. The highest BCUT2D eigenvalue weighted by Crippen LogP contribution is 2.38. The van der Waals surface area contributed by atoms with Gasteiger partial charge in [0.15, 0.2) is 0 Å². The van der Waals surface area contributed by atoms with Crippen LogP contribution in [0.25, 0.3) is 0 Å². The third-order valence-electron chi connectivity index (χ3n) is 4.06. The number of amides is 1. The zero-order chi connectivity index (χ0) is 16.6. The Morgan fingerprint density at radius 1 is 1.14 bits per heavy atom. The van der Waals surface area contributed by atoms with Crippen molar-refractivity contribution in [3.8, 4) is 0 Å². The van der Waals surface area contributed by atoms with Crippen LogP contribution < -0.4 is 5.32 Å². The fourth-order valence-corrected chi connectivity index (χ4v) is 2.71. The topological polar surface area (TPSA) is 81.7 Å². The fourth-order valence-electron chi connectivity index (χ4n) is 2.71. The number of esters is 1. The van der Waals surface area contributed by atoms with Crippen LogP contribution >= 0.6 is 0 Å². The maximum Gasteiger partial charge on any atom is 0.410 e. The summed E-state index contributed by atoms with van der Waals surface area (Å²) in [5, 5.41) is 2.70. The first-order valence-electron chi connectivity index (χ1n) is 7.97. The van der Waals surface area contributed by atoms with Crippen LogP contribution in [0.15, 0.2) is 0 Å². The molecule has 0 aromatic rings. The molecule has 1 saturated carbocycles. The van der Waals surface area contributed by atoms with Gasteiger partial charge in [0.1, 0.15) is 6.29 Å². The molecule has 6 nitrogen and oxygen atoms in total. The summed E-state index contributed by atoms with van der Waals surface area (Å²) in [5.74, 6) is -0.683. The molecule has 1 aliphatic rings. The predicted octanol–water partition coefficient (Wildman–Crippen LogP) is 2.80. The lowest BCUT2D eigenvalue weighted by atomic mass is 9.72. The molecule has 0 aromatic heterocycles. The van der Waals surface area contributed by atoms with Crippen LogP contribution in [0.3, 0.4) is 0 Å². The average molecular weight is 313 g/mol. The maximum absolute atomic E-state index is 11.8. The molecule has 1 rings (SSSR count). The summed E-state index contributed by atoms with van der Waals surface area (Å²) in [5.41, 5.74) is -0.156. The van der Waals surface area contributed by atoms with Gasteiger partial charge in [-0.05, 0) is 18.3 Å². The van der Waals surface area contributed by atoms with E-state index in [1.807, 2.05) is 0 Å². The molecular formula is C16H27NO5. The Morgan fingerprint density at radius 3 is 2.32 bits per heavy atom. The molecule has 6 heteroatoms. The van der Waals surface area contributed by atoms with Crippen LogP contribution in [0.1, 0.15) is 59.3 Å². The summed E-state index contributed by atoms with van der Waals surface area (Å²) in [6.07, 6.45) is 5.01. The highest BCUT2D eigenvalue weighted by atomic mass is 16.7. The van der Waals surface area contributed by atoms with Gasteiger partial charge in [0.2, 0.25) is 6.29 Å². The molecule has 0 heterocycles. The second-order valence-corrected chi connectivity index (χ2v) is 6.35. The molecule has 0 saturated heterocycles. The van der Waals surface area contributed by atoms with Gasteiger partial charge in [-0.1, -0.05) is 33.1 Å². The smallest absolute Gasteiger partial charge is 0.410 e. The lowest BCUT2D eigenvalue weighted by molar-refractivity contribution is -0.168. The Bertz CT molecular complexity index is 388. The highest BCUT2D eigenvalue weighted by molar-refractivity contribution is 5.72. The summed E-state index contributed by atoms with van der Waals surface area (Å²) < 4.78 is 9.97. The minimum atomic E-state index is -0.928. The van der Waals surface area contributed by atoms with Gasteiger partial charge in [0.05, 0.1) is 5.92 Å². The monoisotopic (exact) mass is 313 g/mol. The summed E-state index contributed by atoms with van der Waals surface area (Å²) in [7, 11) is 0. The molecule has 0 radical (unpaired) electrons. The Morgan fingerprint density at radius 2 is 1.77 bits per heavy atom. The van der Waals surface area contributed by atoms with Crippen molar-refractivity contribution in [1.29, 1.82) is 0 Å². The van der Waals surface area contributed by atoms with E-state index >= 15 is 0 Å². The number of rotatable bonds is 7. The number of nitrogens with one attached hydrogen (secondary N) is 1. The van der Waals surface area contributed by atoms with E-state index in [9.17, 15) is 14.4 Å². The molecule has 1 N–H and O–H groups in total. The molecule has 126 valence electrons. The first-order chi connectivity index (χ1) is 10.4. The Labute approximate surface area is 131 Å². The van der Waals surface area contributed by atoms with Crippen molar-refractivity contribution in [2.45, 2.75) is 65.6 Å². The molecule has 1 atom stereocenters. The van der Waals surface area contributed by atoms with E-state index in [1.54, 1.807) is 13.8 Å². The number of ether oxygens (including phenoxy) is 2. The molecular weight excluding hydrogens is 286 g/mol. The van der Waals surface area contributed by atoms with Gasteiger partial charge in [-0.25, -0.2) is 4.79 Å². The van der Waals surface area contributed by atoms with Crippen LogP contribution in [-0.2, 0) is 19.1 Å². The van der Waals surface area contributed by atoms with Crippen molar-refractivity contribution in [2.24, 2.45) is 11.3 Å². The largest absolute Gasteiger partial charge is 0.425 e. The van der Waals surface area contributed by atoms with Gasteiger partial charge < -0.3 is 19.6 Å². The van der Waals surface area contributed by atoms with Gasteiger partial charge in [-0.3, -0.25) is 4.79 Å². The first-order valence-corrected chi connectivity index (χ1v) is 7.97. The van der Waals surface area contributed by atoms with E-state index in [0.717, 1.165) is 32.0 Å². The van der Waals surface area contributed by atoms with Crippen molar-refractivity contribution in [3.05, 3.63) is 0 Å². The van der Waals surface area contributed by atoms with E-state index in [1.165, 1.54) is 13.3 Å². The van der Waals surface area contributed by atoms with Crippen molar-refractivity contribution in [3.63, 3.8) is 0 Å². The third kappa shape index (κ3) is 6.03. The SMILES string of the molecule is CC(OC(=O)NCC1(CC=O)CCCCC1)OC(=O)C(C)C. The number of aldehydes is 1. The minimum absolute atomic E-state index is 0.156. The van der Waals surface area contributed by atoms with Gasteiger partial charge in [-0.15, -0.1) is 0 Å². The van der Waals surface area contributed by atoms with Crippen molar-refractivity contribution < 1.29 is 23.9 Å². The molecule has 0 aromatic carbocycles. The molecule has 0 bridgehead atoms. The zero-order valence-corrected chi connectivity index (χ0v) is 13.7. The first kappa shape index (κ1) is 18.5. The fraction of sp³-hybridized carbons (Fsp3) is 0.812. The second-order valence-electron chi connectivity index (χ2n) is 6.35. The summed E-state index contributed by atoms with van der Waals surface area (Å²) in [6, 6.07) is 0. The summed E-state index contributed by atoms with van der Waals surface area (Å²) >= 11 is 0. The highest BCUT2D eigenvalue weighted by Gasteiger charge is 2.32. The van der Waals surface area contributed by atoms with Crippen LogP contribution in [-0.4, -0.2) is 31.2 Å². The Hall–Kier alpha value is -1.59. The number of hydrogen-bond donors (Lipinski definition) is 1. The maximum atomic E-state index is 11.8. The Balaban J connectivity index is 2.40. The lowest BCUT2D eigenvalue weighted by Gasteiger charge is -2.35. The van der Waals surface area contributed by atoms with E-state index in [0.29, 0.717) is 13.0 Å². The van der Waals surface area contributed by atoms with Crippen LogP contribution in [0.4, 0.5) is 4.79 Å². The average Bonchev–Trinajstić information content (AvgIpc) is 2.46. The van der Waals surface area contributed by atoms with Gasteiger partial charge >= 0.3 is 12.1 Å².